The second kappa shape index (κ2) is 6.91. The van der Waals surface area contributed by atoms with E-state index in [0.29, 0.717) is 18.4 Å². The number of aliphatic hydroxyl groups is 1. The first-order valence-electron chi connectivity index (χ1n) is 8.71. The fourth-order valence-electron chi connectivity index (χ4n) is 3.41. The number of aromatic amines is 1. The molecule has 2 aromatic heterocycles. The second-order valence-electron chi connectivity index (χ2n) is 6.80. The molecule has 0 saturated heterocycles. The summed E-state index contributed by atoms with van der Waals surface area (Å²) in [5.41, 5.74) is 1.36. The molecule has 3 N–H and O–H groups in total. The van der Waals surface area contributed by atoms with Crippen molar-refractivity contribution in [1.29, 1.82) is 0 Å². The smallest absolute Gasteiger partial charge is 0.240 e. The molecule has 0 spiro atoms. The summed E-state index contributed by atoms with van der Waals surface area (Å²) in [6.45, 7) is -0.188. The van der Waals surface area contributed by atoms with E-state index in [9.17, 15) is 13.5 Å². The molecule has 27 heavy (non-hydrogen) atoms. The van der Waals surface area contributed by atoms with Crippen LogP contribution in [0.2, 0.25) is 0 Å². The summed E-state index contributed by atoms with van der Waals surface area (Å²) in [6, 6.07) is 8.37. The van der Waals surface area contributed by atoms with Gasteiger partial charge in [-0.05, 0) is 36.6 Å². The van der Waals surface area contributed by atoms with E-state index < -0.39 is 10.0 Å². The van der Waals surface area contributed by atoms with Crippen LogP contribution in [0.1, 0.15) is 18.4 Å². The van der Waals surface area contributed by atoms with E-state index in [0.717, 1.165) is 16.9 Å². The highest BCUT2D eigenvalue weighted by Crippen LogP contribution is 2.31. The first-order chi connectivity index (χ1) is 13.0. The summed E-state index contributed by atoms with van der Waals surface area (Å²) < 4.78 is 27.9. The predicted octanol–water partition coefficient (Wildman–Crippen LogP) is 1.40. The van der Waals surface area contributed by atoms with Gasteiger partial charge in [-0.25, -0.2) is 23.1 Å². The Kier molecular flexibility index (Phi) is 4.58. The van der Waals surface area contributed by atoms with Gasteiger partial charge in [0.1, 0.15) is 17.8 Å². The quantitative estimate of drug-likeness (QED) is 0.589. The lowest BCUT2D eigenvalue weighted by atomic mass is 9.86. The minimum atomic E-state index is -3.60. The van der Waals surface area contributed by atoms with Crippen LogP contribution >= 0.6 is 0 Å². The number of nitrogens with zero attached hydrogens (tertiary/aromatic N) is 3. The van der Waals surface area contributed by atoms with Gasteiger partial charge in [0.05, 0.1) is 16.9 Å². The van der Waals surface area contributed by atoms with E-state index >= 15 is 0 Å². The van der Waals surface area contributed by atoms with Crippen molar-refractivity contribution in [1.82, 2.24) is 19.7 Å². The van der Waals surface area contributed by atoms with E-state index in [1.54, 1.807) is 12.1 Å². The molecule has 9 heteroatoms. The maximum absolute atomic E-state index is 12.6. The third-order valence-electron chi connectivity index (χ3n) is 5.04. The summed E-state index contributed by atoms with van der Waals surface area (Å²) in [7, 11) is -1.64. The standard InChI is InChI=1S/C18H21N5O3S/c1-23(18-16-5-6-19-17(16)20-11-21-18)14-8-13(9-14)22-27(25,26)15-4-2-3-12(7-15)10-24/h2-7,11,13-14,22,24H,8-10H2,1H3,(H,19,20,21)/t13-,14+. The number of H-pyrrole nitrogens is 1. The van der Waals surface area contributed by atoms with Gasteiger partial charge in [-0.15, -0.1) is 0 Å². The lowest BCUT2D eigenvalue weighted by Crippen LogP contribution is -2.53. The molecule has 0 unspecified atom stereocenters. The zero-order chi connectivity index (χ0) is 19.0. The van der Waals surface area contributed by atoms with Crippen LogP contribution in [0.3, 0.4) is 0 Å². The van der Waals surface area contributed by atoms with E-state index in [-0.39, 0.29) is 23.6 Å². The molecule has 0 radical (unpaired) electrons. The third-order valence-corrected chi connectivity index (χ3v) is 6.56. The summed E-state index contributed by atoms with van der Waals surface area (Å²) in [5, 5.41) is 10.1. The molecule has 142 valence electrons. The number of hydrogen-bond donors (Lipinski definition) is 3. The monoisotopic (exact) mass is 387 g/mol. The van der Waals surface area contributed by atoms with E-state index in [1.807, 2.05) is 19.3 Å². The number of sulfonamides is 1. The van der Waals surface area contributed by atoms with Crippen molar-refractivity contribution in [2.75, 3.05) is 11.9 Å². The summed E-state index contributed by atoms with van der Waals surface area (Å²) in [4.78, 5) is 13.9. The molecule has 3 aromatic rings. The van der Waals surface area contributed by atoms with Crippen molar-refractivity contribution in [2.24, 2.45) is 0 Å². The molecule has 4 rings (SSSR count). The fourth-order valence-corrected chi connectivity index (χ4v) is 4.74. The zero-order valence-electron chi connectivity index (χ0n) is 14.8. The SMILES string of the molecule is CN(c1ncnc2[nH]ccc12)[C@H]1C[C@@H](NS(=O)(=O)c2cccc(CO)c2)C1. The topological polar surface area (TPSA) is 111 Å². The van der Waals surface area contributed by atoms with Gasteiger partial charge in [0.15, 0.2) is 0 Å². The zero-order valence-corrected chi connectivity index (χ0v) is 15.6. The van der Waals surface area contributed by atoms with Crippen LogP contribution < -0.4 is 9.62 Å². The molecule has 0 amide bonds. The minimum absolute atomic E-state index is 0.121. The minimum Gasteiger partial charge on any atom is -0.392 e. The highest BCUT2D eigenvalue weighted by atomic mass is 32.2. The molecular formula is C18H21N5O3S. The van der Waals surface area contributed by atoms with Crippen LogP contribution in [0, 0.1) is 0 Å². The number of benzene rings is 1. The number of anilines is 1. The van der Waals surface area contributed by atoms with Gasteiger partial charge in [0.25, 0.3) is 0 Å². The molecule has 1 aliphatic carbocycles. The molecule has 0 bridgehead atoms. The predicted molar refractivity (Wildman–Crippen MR) is 102 cm³/mol. The van der Waals surface area contributed by atoms with Gasteiger partial charge in [-0.2, -0.15) is 0 Å². The van der Waals surface area contributed by atoms with Crippen molar-refractivity contribution >= 4 is 26.9 Å². The number of rotatable bonds is 6. The second-order valence-corrected chi connectivity index (χ2v) is 8.51. The van der Waals surface area contributed by atoms with Crippen molar-refractivity contribution < 1.29 is 13.5 Å². The molecule has 1 fully saturated rings. The fraction of sp³-hybridized carbons (Fsp3) is 0.333. The lowest BCUT2D eigenvalue weighted by molar-refractivity contribution is 0.281. The number of nitrogens with one attached hydrogen (secondary N) is 2. The Balaban J connectivity index is 1.42. The van der Waals surface area contributed by atoms with Crippen molar-refractivity contribution in [2.45, 2.75) is 36.4 Å². The Morgan fingerprint density at radius 1 is 1.30 bits per heavy atom. The van der Waals surface area contributed by atoms with Gasteiger partial charge in [-0.1, -0.05) is 12.1 Å². The van der Waals surface area contributed by atoms with Gasteiger partial charge in [-0.3, -0.25) is 0 Å². The van der Waals surface area contributed by atoms with E-state index in [4.69, 9.17) is 0 Å². The number of hydrogen-bond acceptors (Lipinski definition) is 6. The first kappa shape index (κ1) is 17.9. The lowest BCUT2D eigenvalue weighted by Gasteiger charge is -2.41. The van der Waals surface area contributed by atoms with Crippen LogP contribution in [0.15, 0.2) is 47.8 Å². The van der Waals surface area contributed by atoms with Crippen LogP contribution in [-0.4, -0.2) is 47.6 Å². The summed E-state index contributed by atoms with van der Waals surface area (Å²) >= 11 is 0. The Labute approximate surface area is 157 Å². The highest BCUT2D eigenvalue weighted by Gasteiger charge is 2.36. The normalized spacial score (nSPS) is 19.8. The Morgan fingerprint density at radius 3 is 2.89 bits per heavy atom. The third kappa shape index (κ3) is 3.41. The number of fused-ring (bicyclic) bond motifs is 1. The van der Waals surface area contributed by atoms with Gasteiger partial charge in [0.2, 0.25) is 10.0 Å². The van der Waals surface area contributed by atoms with Crippen LogP contribution in [0.4, 0.5) is 5.82 Å². The largest absolute Gasteiger partial charge is 0.392 e. The molecule has 0 aliphatic heterocycles. The highest BCUT2D eigenvalue weighted by molar-refractivity contribution is 7.89. The van der Waals surface area contributed by atoms with Crippen LogP contribution in [-0.2, 0) is 16.6 Å². The molecule has 1 aliphatic rings. The molecule has 0 atom stereocenters. The van der Waals surface area contributed by atoms with Crippen molar-refractivity contribution in [3.8, 4) is 0 Å². The molecular weight excluding hydrogens is 366 g/mol. The summed E-state index contributed by atoms with van der Waals surface area (Å²) in [5.74, 6) is 0.836. The number of aliphatic hydroxyl groups excluding tert-OH is 1. The Hall–Kier alpha value is -2.49. The molecule has 1 aromatic carbocycles. The Bertz CT molecular complexity index is 1060. The van der Waals surface area contributed by atoms with Crippen LogP contribution in [0.25, 0.3) is 11.0 Å². The molecule has 2 heterocycles. The summed E-state index contributed by atoms with van der Waals surface area (Å²) in [6.07, 6.45) is 4.75. The van der Waals surface area contributed by atoms with Crippen molar-refractivity contribution in [3.63, 3.8) is 0 Å². The van der Waals surface area contributed by atoms with E-state index in [1.165, 1.54) is 18.5 Å². The van der Waals surface area contributed by atoms with Gasteiger partial charge < -0.3 is 15.0 Å². The average molecular weight is 387 g/mol. The van der Waals surface area contributed by atoms with E-state index in [2.05, 4.69) is 24.6 Å². The average Bonchev–Trinajstić information content (AvgIpc) is 3.12. The van der Waals surface area contributed by atoms with Crippen LogP contribution in [0.5, 0.6) is 0 Å². The molecule has 1 saturated carbocycles. The first-order valence-corrected chi connectivity index (χ1v) is 10.2. The number of aromatic nitrogens is 3. The Morgan fingerprint density at radius 2 is 2.11 bits per heavy atom. The molecule has 8 nitrogen and oxygen atoms in total. The van der Waals surface area contributed by atoms with Crippen molar-refractivity contribution in [3.05, 3.63) is 48.4 Å². The maximum atomic E-state index is 12.6. The van der Waals surface area contributed by atoms with Gasteiger partial charge >= 0.3 is 0 Å². The van der Waals surface area contributed by atoms with Gasteiger partial charge in [0, 0.05) is 25.3 Å². The maximum Gasteiger partial charge on any atom is 0.240 e.